The molecule has 1 unspecified atom stereocenters. The number of hydrogen-bond donors (Lipinski definition) is 1. The maximum Gasteiger partial charge on any atom is 0.123 e. The van der Waals surface area contributed by atoms with E-state index in [0.29, 0.717) is 6.10 Å². The summed E-state index contributed by atoms with van der Waals surface area (Å²) in [5.74, 6) is -0.164. The molecular weight excluding hydrogens is 253 g/mol. The molecule has 2 nitrogen and oxygen atoms in total. The summed E-state index contributed by atoms with van der Waals surface area (Å²) < 4.78 is 19.1. The summed E-state index contributed by atoms with van der Waals surface area (Å²) in [5, 5.41) is 3.48. The summed E-state index contributed by atoms with van der Waals surface area (Å²) in [6.45, 7) is 1.88. The zero-order chi connectivity index (χ0) is 13.8. The molecule has 1 aromatic carbocycles. The fourth-order valence-electron chi connectivity index (χ4n) is 3.57. The fraction of sp³-hybridized carbons (Fsp3) is 0.647. The molecule has 1 saturated heterocycles. The number of halogens is 1. The standard InChI is InChI=1S/C17H24FNO/c18-15-5-3-14(4-6-15)8-12-19-13-16-7-11-17(20-16)9-1-2-10-17/h3-6,16,19H,1-2,7-13H2. The molecular formula is C17H24FNO. The van der Waals surface area contributed by atoms with Crippen LogP contribution in [-0.2, 0) is 11.2 Å². The van der Waals surface area contributed by atoms with Crippen LogP contribution in [0.15, 0.2) is 24.3 Å². The molecule has 1 aromatic rings. The highest BCUT2D eigenvalue weighted by Crippen LogP contribution is 2.43. The summed E-state index contributed by atoms with van der Waals surface area (Å²) in [7, 11) is 0. The molecule has 1 saturated carbocycles. The van der Waals surface area contributed by atoms with Gasteiger partial charge in [-0.25, -0.2) is 4.39 Å². The predicted molar refractivity (Wildman–Crippen MR) is 78.3 cm³/mol. The van der Waals surface area contributed by atoms with E-state index in [1.54, 1.807) is 0 Å². The van der Waals surface area contributed by atoms with E-state index in [0.717, 1.165) is 19.5 Å². The van der Waals surface area contributed by atoms with Crippen LogP contribution in [0, 0.1) is 5.82 Å². The van der Waals surface area contributed by atoms with E-state index >= 15 is 0 Å². The largest absolute Gasteiger partial charge is 0.370 e. The van der Waals surface area contributed by atoms with Gasteiger partial charge in [0.15, 0.2) is 0 Å². The SMILES string of the molecule is Fc1ccc(CCNCC2CCC3(CCCC3)O2)cc1. The zero-order valence-electron chi connectivity index (χ0n) is 12.0. The van der Waals surface area contributed by atoms with E-state index in [-0.39, 0.29) is 11.4 Å². The zero-order valence-corrected chi connectivity index (χ0v) is 12.0. The van der Waals surface area contributed by atoms with Gasteiger partial charge in [-0.05, 0) is 56.3 Å². The molecule has 1 heterocycles. The van der Waals surface area contributed by atoms with E-state index < -0.39 is 0 Å². The lowest BCUT2D eigenvalue weighted by Crippen LogP contribution is -2.31. The highest BCUT2D eigenvalue weighted by molar-refractivity contribution is 5.16. The summed E-state index contributed by atoms with van der Waals surface area (Å²) in [6.07, 6.45) is 8.98. The maximum absolute atomic E-state index is 12.8. The van der Waals surface area contributed by atoms with Gasteiger partial charge in [-0.2, -0.15) is 0 Å². The molecule has 1 spiro atoms. The Balaban J connectivity index is 1.35. The van der Waals surface area contributed by atoms with Crippen LogP contribution in [0.4, 0.5) is 4.39 Å². The second kappa shape index (κ2) is 6.23. The van der Waals surface area contributed by atoms with E-state index in [4.69, 9.17) is 4.74 Å². The van der Waals surface area contributed by atoms with Crippen LogP contribution in [0.2, 0.25) is 0 Å². The molecule has 0 aromatic heterocycles. The van der Waals surface area contributed by atoms with Crippen LogP contribution in [-0.4, -0.2) is 24.8 Å². The second-order valence-electron chi connectivity index (χ2n) is 6.25. The smallest absolute Gasteiger partial charge is 0.123 e. The third-order valence-corrected chi connectivity index (χ3v) is 4.73. The first-order chi connectivity index (χ1) is 9.76. The van der Waals surface area contributed by atoms with Gasteiger partial charge in [-0.3, -0.25) is 0 Å². The Morgan fingerprint density at radius 3 is 2.65 bits per heavy atom. The molecule has 0 amide bonds. The molecule has 2 aliphatic rings. The lowest BCUT2D eigenvalue weighted by Gasteiger charge is -2.23. The number of rotatable bonds is 5. The Morgan fingerprint density at radius 1 is 1.15 bits per heavy atom. The van der Waals surface area contributed by atoms with Crippen molar-refractivity contribution in [3.63, 3.8) is 0 Å². The van der Waals surface area contributed by atoms with Crippen LogP contribution in [0.3, 0.4) is 0 Å². The third kappa shape index (κ3) is 3.39. The first-order valence-electron chi connectivity index (χ1n) is 7.89. The highest BCUT2D eigenvalue weighted by Gasteiger charge is 2.41. The van der Waals surface area contributed by atoms with Crippen LogP contribution in [0.25, 0.3) is 0 Å². The average Bonchev–Trinajstić information content (AvgIpc) is 3.08. The van der Waals surface area contributed by atoms with E-state index in [1.165, 1.54) is 56.2 Å². The van der Waals surface area contributed by atoms with Crippen LogP contribution in [0.1, 0.15) is 44.1 Å². The molecule has 0 radical (unpaired) electrons. The molecule has 1 aliphatic carbocycles. The number of ether oxygens (including phenoxy) is 1. The average molecular weight is 277 g/mol. The van der Waals surface area contributed by atoms with Crippen LogP contribution < -0.4 is 5.32 Å². The third-order valence-electron chi connectivity index (χ3n) is 4.73. The van der Waals surface area contributed by atoms with Crippen molar-refractivity contribution in [1.82, 2.24) is 5.32 Å². The summed E-state index contributed by atoms with van der Waals surface area (Å²) >= 11 is 0. The lowest BCUT2D eigenvalue weighted by atomic mass is 9.98. The van der Waals surface area contributed by atoms with Crippen LogP contribution in [0.5, 0.6) is 0 Å². The minimum Gasteiger partial charge on any atom is -0.370 e. The lowest BCUT2D eigenvalue weighted by molar-refractivity contribution is -0.0349. The topological polar surface area (TPSA) is 21.3 Å². The Kier molecular flexibility index (Phi) is 4.37. The van der Waals surface area contributed by atoms with Gasteiger partial charge in [0.05, 0.1) is 11.7 Å². The van der Waals surface area contributed by atoms with Crippen molar-refractivity contribution < 1.29 is 9.13 Å². The number of hydrogen-bond acceptors (Lipinski definition) is 2. The number of nitrogens with one attached hydrogen (secondary N) is 1. The monoisotopic (exact) mass is 277 g/mol. The summed E-state index contributed by atoms with van der Waals surface area (Å²) in [6, 6.07) is 6.77. The molecule has 3 heteroatoms. The first-order valence-corrected chi connectivity index (χ1v) is 7.89. The molecule has 1 atom stereocenters. The van der Waals surface area contributed by atoms with Crippen molar-refractivity contribution in [1.29, 1.82) is 0 Å². The molecule has 1 N–H and O–H groups in total. The summed E-state index contributed by atoms with van der Waals surface area (Å²) in [5.41, 5.74) is 1.42. The highest BCUT2D eigenvalue weighted by atomic mass is 19.1. The maximum atomic E-state index is 12.8. The van der Waals surface area contributed by atoms with E-state index in [2.05, 4.69) is 5.32 Å². The minimum atomic E-state index is -0.164. The van der Waals surface area contributed by atoms with Gasteiger partial charge < -0.3 is 10.1 Å². The van der Waals surface area contributed by atoms with E-state index in [9.17, 15) is 4.39 Å². The van der Waals surface area contributed by atoms with Crippen LogP contribution >= 0.6 is 0 Å². The Hall–Kier alpha value is -0.930. The van der Waals surface area contributed by atoms with Crippen molar-refractivity contribution in [2.24, 2.45) is 0 Å². The Labute approximate surface area is 120 Å². The Bertz CT molecular complexity index is 425. The summed E-state index contributed by atoms with van der Waals surface area (Å²) in [4.78, 5) is 0. The van der Waals surface area contributed by atoms with Crippen molar-refractivity contribution in [2.75, 3.05) is 13.1 Å². The minimum absolute atomic E-state index is 0.164. The Morgan fingerprint density at radius 2 is 1.90 bits per heavy atom. The van der Waals surface area contributed by atoms with Crippen molar-refractivity contribution in [2.45, 2.75) is 56.7 Å². The van der Waals surface area contributed by atoms with Gasteiger partial charge in [0, 0.05) is 6.54 Å². The van der Waals surface area contributed by atoms with Gasteiger partial charge in [-0.15, -0.1) is 0 Å². The molecule has 0 bridgehead atoms. The van der Waals surface area contributed by atoms with Gasteiger partial charge >= 0.3 is 0 Å². The first kappa shape index (κ1) is 14.0. The molecule has 3 rings (SSSR count). The predicted octanol–water partition coefficient (Wildman–Crippen LogP) is 3.45. The van der Waals surface area contributed by atoms with Gasteiger partial charge in [-0.1, -0.05) is 25.0 Å². The molecule has 20 heavy (non-hydrogen) atoms. The fourth-order valence-corrected chi connectivity index (χ4v) is 3.57. The van der Waals surface area contributed by atoms with E-state index in [1.807, 2.05) is 12.1 Å². The number of benzene rings is 1. The molecule has 1 aliphatic heterocycles. The molecule has 110 valence electrons. The second-order valence-corrected chi connectivity index (χ2v) is 6.25. The van der Waals surface area contributed by atoms with Crippen molar-refractivity contribution in [3.05, 3.63) is 35.6 Å². The van der Waals surface area contributed by atoms with Crippen molar-refractivity contribution in [3.8, 4) is 0 Å². The van der Waals surface area contributed by atoms with Gasteiger partial charge in [0.25, 0.3) is 0 Å². The quantitative estimate of drug-likeness (QED) is 0.832. The molecule has 2 fully saturated rings. The normalized spacial score (nSPS) is 24.6. The van der Waals surface area contributed by atoms with Gasteiger partial charge in [0.2, 0.25) is 0 Å². The van der Waals surface area contributed by atoms with Gasteiger partial charge in [0.1, 0.15) is 5.82 Å². The van der Waals surface area contributed by atoms with Crippen molar-refractivity contribution >= 4 is 0 Å².